The van der Waals surface area contributed by atoms with Gasteiger partial charge in [0.15, 0.2) is 5.16 Å². The van der Waals surface area contributed by atoms with Gasteiger partial charge in [-0.05, 0) is 42.5 Å². The molecule has 0 aliphatic carbocycles. The van der Waals surface area contributed by atoms with Crippen LogP contribution in [0.3, 0.4) is 0 Å². The van der Waals surface area contributed by atoms with E-state index in [1.165, 1.54) is 17.8 Å². The zero-order chi connectivity index (χ0) is 22.0. The first-order valence-electron chi connectivity index (χ1n) is 9.15. The van der Waals surface area contributed by atoms with Gasteiger partial charge >= 0.3 is 6.18 Å². The molecular weight excluding hydrogens is 447 g/mol. The Morgan fingerprint density at radius 1 is 1.03 bits per heavy atom. The van der Waals surface area contributed by atoms with Gasteiger partial charge in [0.05, 0.1) is 27.4 Å². The van der Waals surface area contributed by atoms with Crippen molar-refractivity contribution < 1.29 is 18.0 Å². The third kappa shape index (κ3) is 4.70. The summed E-state index contributed by atoms with van der Waals surface area (Å²) in [5.74, 6) is -0.479. The maximum Gasteiger partial charge on any atom is 0.417 e. The Morgan fingerprint density at radius 2 is 1.74 bits per heavy atom. The van der Waals surface area contributed by atoms with Crippen LogP contribution in [0.2, 0.25) is 5.02 Å². The van der Waals surface area contributed by atoms with E-state index in [-0.39, 0.29) is 11.4 Å². The first-order valence-corrected chi connectivity index (χ1v) is 10.5. The molecule has 3 aromatic carbocycles. The van der Waals surface area contributed by atoms with Crippen LogP contribution >= 0.6 is 23.4 Å². The fourth-order valence-electron chi connectivity index (χ4n) is 3.07. The summed E-state index contributed by atoms with van der Waals surface area (Å²) >= 11 is 6.82. The fourth-order valence-corrected chi connectivity index (χ4v) is 4.13. The first kappa shape index (κ1) is 21.3. The quantitative estimate of drug-likeness (QED) is 0.348. The number of para-hydroxylation sites is 3. The van der Waals surface area contributed by atoms with Crippen LogP contribution in [0.25, 0.3) is 16.7 Å². The molecule has 4 rings (SSSR count). The van der Waals surface area contributed by atoms with Gasteiger partial charge in [0, 0.05) is 11.4 Å². The predicted molar refractivity (Wildman–Crippen MR) is 117 cm³/mol. The van der Waals surface area contributed by atoms with Crippen molar-refractivity contribution in [2.24, 2.45) is 0 Å². The molecule has 9 heteroatoms. The van der Waals surface area contributed by atoms with Crippen molar-refractivity contribution in [3.8, 4) is 5.69 Å². The molecule has 0 aliphatic rings. The van der Waals surface area contributed by atoms with E-state index in [1.54, 1.807) is 0 Å². The third-order valence-corrected chi connectivity index (χ3v) is 5.70. The van der Waals surface area contributed by atoms with Gasteiger partial charge in [-0.2, -0.15) is 13.2 Å². The van der Waals surface area contributed by atoms with Gasteiger partial charge < -0.3 is 5.32 Å². The highest BCUT2D eigenvalue weighted by Gasteiger charge is 2.33. The second-order valence-electron chi connectivity index (χ2n) is 6.58. The molecule has 0 atom stereocenters. The van der Waals surface area contributed by atoms with E-state index in [9.17, 15) is 18.0 Å². The van der Waals surface area contributed by atoms with E-state index >= 15 is 0 Å². The number of alkyl halides is 3. The lowest BCUT2D eigenvalue weighted by atomic mass is 10.2. The fraction of sp³-hybridized carbons (Fsp3) is 0.0909. The van der Waals surface area contributed by atoms with Crippen LogP contribution in [0.4, 0.5) is 18.9 Å². The molecule has 0 aliphatic heterocycles. The number of aromatic nitrogens is 2. The van der Waals surface area contributed by atoms with Crippen molar-refractivity contribution in [3.63, 3.8) is 0 Å². The summed E-state index contributed by atoms with van der Waals surface area (Å²) in [5, 5.41) is 2.68. The number of hydrogen-bond donors (Lipinski definition) is 1. The van der Waals surface area contributed by atoms with E-state index in [1.807, 2.05) is 59.2 Å². The molecule has 4 aromatic rings. The predicted octanol–water partition coefficient (Wildman–Crippen LogP) is 6.43. The number of thioether (sulfide) groups is 1. The topological polar surface area (TPSA) is 46.9 Å². The summed E-state index contributed by atoms with van der Waals surface area (Å²) < 4.78 is 41.0. The standard InChI is InChI=1S/C22H15ClF3N3OS/c23-17-11-10-14(12-16(17)22(24,25)26)27-20(30)13-31-21-28-18-8-4-5-9-19(18)29(21)15-6-2-1-3-7-15/h1-12H,13H2,(H,27,30). The molecule has 0 bridgehead atoms. The summed E-state index contributed by atoms with van der Waals surface area (Å²) in [4.78, 5) is 17.0. The Balaban J connectivity index is 1.54. The van der Waals surface area contributed by atoms with Gasteiger partial charge in [0.2, 0.25) is 5.91 Å². The Kier molecular flexibility index (Phi) is 5.93. The molecule has 0 radical (unpaired) electrons. The molecule has 0 fully saturated rings. The highest BCUT2D eigenvalue weighted by atomic mass is 35.5. The smallest absolute Gasteiger partial charge is 0.325 e. The van der Waals surface area contributed by atoms with Crippen LogP contribution < -0.4 is 5.32 Å². The Morgan fingerprint density at radius 3 is 2.48 bits per heavy atom. The number of amides is 1. The van der Waals surface area contributed by atoms with Crippen molar-refractivity contribution in [1.29, 1.82) is 0 Å². The van der Waals surface area contributed by atoms with Gasteiger partial charge in [-0.1, -0.05) is 53.7 Å². The first-order chi connectivity index (χ1) is 14.8. The van der Waals surface area contributed by atoms with Gasteiger partial charge in [-0.3, -0.25) is 9.36 Å². The Hall–Kier alpha value is -2.97. The number of fused-ring (bicyclic) bond motifs is 1. The van der Waals surface area contributed by atoms with Crippen molar-refractivity contribution in [1.82, 2.24) is 9.55 Å². The Labute approximate surface area is 185 Å². The average Bonchev–Trinajstić information content (AvgIpc) is 3.12. The number of anilines is 1. The summed E-state index contributed by atoms with van der Waals surface area (Å²) in [6.07, 6.45) is -4.60. The number of nitrogens with zero attached hydrogens (tertiary/aromatic N) is 2. The number of imidazole rings is 1. The number of nitrogens with one attached hydrogen (secondary N) is 1. The third-order valence-electron chi connectivity index (χ3n) is 4.43. The minimum atomic E-state index is -4.60. The lowest BCUT2D eigenvalue weighted by Crippen LogP contribution is -2.15. The van der Waals surface area contributed by atoms with Gasteiger partial charge in [-0.25, -0.2) is 4.98 Å². The van der Waals surface area contributed by atoms with Gasteiger partial charge in [0.25, 0.3) is 0 Å². The number of hydrogen-bond acceptors (Lipinski definition) is 3. The average molecular weight is 462 g/mol. The second kappa shape index (κ2) is 8.64. The molecule has 4 nitrogen and oxygen atoms in total. The molecule has 31 heavy (non-hydrogen) atoms. The normalized spacial score (nSPS) is 11.6. The molecule has 158 valence electrons. The van der Waals surface area contributed by atoms with E-state index in [0.29, 0.717) is 5.16 Å². The Bertz CT molecular complexity index is 1240. The van der Waals surface area contributed by atoms with Crippen LogP contribution in [0.1, 0.15) is 5.56 Å². The highest BCUT2D eigenvalue weighted by Crippen LogP contribution is 2.36. The number of halogens is 4. The second-order valence-corrected chi connectivity index (χ2v) is 7.93. The molecule has 0 saturated carbocycles. The number of benzene rings is 3. The SMILES string of the molecule is O=C(CSc1nc2ccccc2n1-c1ccccc1)Nc1ccc(Cl)c(C(F)(F)F)c1. The molecule has 0 saturated heterocycles. The maximum atomic E-state index is 13.0. The van der Waals surface area contributed by atoms with Crippen LogP contribution in [0.15, 0.2) is 78.0 Å². The lowest BCUT2D eigenvalue weighted by Gasteiger charge is -2.12. The van der Waals surface area contributed by atoms with E-state index < -0.39 is 22.7 Å². The minimum absolute atomic E-state index is 0.0267. The molecule has 1 N–H and O–H groups in total. The van der Waals surface area contributed by atoms with Crippen molar-refractivity contribution in [2.75, 3.05) is 11.1 Å². The largest absolute Gasteiger partial charge is 0.417 e. The van der Waals surface area contributed by atoms with Gasteiger partial charge in [-0.15, -0.1) is 0 Å². The van der Waals surface area contributed by atoms with Crippen LogP contribution in [-0.4, -0.2) is 21.2 Å². The molecule has 1 heterocycles. The van der Waals surface area contributed by atoms with E-state index in [0.717, 1.165) is 28.9 Å². The van der Waals surface area contributed by atoms with Crippen molar-refractivity contribution >= 4 is 46.0 Å². The number of rotatable bonds is 5. The minimum Gasteiger partial charge on any atom is -0.325 e. The van der Waals surface area contributed by atoms with Crippen molar-refractivity contribution in [2.45, 2.75) is 11.3 Å². The summed E-state index contributed by atoms with van der Waals surface area (Å²) in [7, 11) is 0. The molecular formula is C22H15ClF3N3OS. The lowest BCUT2D eigenvalue weighted by molar-refractivity contribution is -0.137. The molecule has 0 spiro atoms. The molecule has 0 unspecified atom stereocenters. The van der Waals surface area contributed by atoms with E-state index in [4.69, 9.17) is 11.6 Å². The zero-order valence-electron chi connectivity index (χ0n) is 15.9. The zero-order valence-corrected chi connectivity index (χ0v) is 17.4. The maximum absolute atomic E-state index is 13.0. The van der Waals surface area contributed by atoms with Crippen LogP contribution in [-0.2, 0) is 11.0 Å². The monoisotopic (exact) mass is 461 g/mol. The van der Waals surface area contributed by atoms with Crippen molar-refractivity contribution in [3.05, 3.63) is 83.4 Å². The summed E-state index contributed by atoms with van der Waals surface area (Å²) in [6, 6.07) is 20.5. The summed E-state index contributed by atoms with van der Waals surface area (Å²) in [5.41, 5.74) is 1.60. The van der Waals surface area contributed by atoms with Gasteiger partial charge in [0.1, 0.15) is 0 Å². The molecule has 1 amide bonds. The van der Waals surface area contributed by atoms with E-state index in [2.05, 4.69) is 10.3 Å². The van der Waals surface area contributed by atoms with Crippen LogP contribution in [0.5, 0.6) is 0 Å². The van der Waals surface area contributed by atoms with Crippen LogP contribution in [0, 0.1) is 0 Å². The number of carbonyl (C=O) groups is 1. The number of carbonyl (C=O) groups excluding carboxylic acids is 1. The highest BCUT2D eigenvalue weighted by molar-refractivity contribution is 7.99. The summed E-state index contributed by atoms with van der Waals surface area (Å²) in [6.45, 7) is 0. The molecule has 1 aromatic heterocycles.